The van der Waals surface area contributed by atoms with Gasteiger partial charge >= 0.3 is 0 Å². The molecule has 126 valence electrons. The lowest BCUT2D eigenvalue weighted by Gasteiger charge is -2.26. The zero-order valence-corrected chi connectivity index (χ0v) is 13.7. The maximum Gasteiger partial charge on any atom is 0.234 e. The minimum absolute atomic E-state index is 0.0701. The van der Waals surface area contributed by atoms with Crippen molar-refractivity contribution >= 4 is 15.7 Å². The van der Waals surface area contributed by atoms with Crippen LogP contribution >= 0.6 is 0 Å². The maximum atomic E-state index is 13.5. The third-order valence-electron chi connectivity index (χ3n) is 3.87. The fourth-order valence-electron chi connectivity index (χ4n) is 2.65. The molecule has 1 N–H and O–H groups in total. The Hall–Kier alpha value is -1.73. The summed E-state index contributed by atoms with van der Waals surface area (Å²) in [4.78, 5) is 13.9. The van der Waals surface area contributed by atoms with Crippen molar-refractivity contribution in [1.29, 1.82) is 0 Å². The van der Waals surface area contributed by atoms with Gasteiger partial charge in [-0.15, -0.1) is 6.58 Å². The van der Waals surface area contributed by atoms with Crippen LogP contribution in [0.1, 0.15) is 12.0 Å². The van der Waals surface area contributed by atoms with Gasteiger partial charge in [0.05, 0.1) is 18.1 Å². The normalized spacial score (nSPS) is 19.7. The molecule has 1 aliphatic heterocycles. The Morgan fingerprint density at radius 3 is 2.78 bits per heavy atom. The molecule has 0 radical (unpaired) electrons. The quantitative estimate of drug-likeness (QED) is 0.756. The van der Waals surface area contributed by atoms with Crippen LogP contribution in [0.4, 0.5) is 4.39 Å². The predicted molar refractivity (Wildman–Crippen MR) is 87.1 cm³/mol. The van der Waals surface area contributed by atoms with Crippen LogP contribution in [0.2, 0.25) is 0 Å². The van der Waals surface area contributed by atoms with E-state index < -0.39 is 9.84 Å². The maximum absolute atomic E-state index is 13.5. The van der Waals surface area contributed by atoms with Gasteiger partial charge in [0.25, 0.3) is 0 Å². The number of benzene rings is 1. The smallest absolute Gasteiger partial charge is 0.234 e. The summed E-state index contributed by atoms with van der Waals surface area (Å²) in [5, 5.41) is 2.67. The molecule has 0 aromatic heterocycles. The standard InChI is InChI=1S/C16H21FN2O3S/c1-2-8-19(14-7-9-23(21,22)12-14)11-16(20)18-10-13-5-3-4-6-15(13)17/h2-6,14H,1,7-12H2,(H,18,20)/t14-/m0/s1. The molecule has 1 heterocycles. The topological polar surface area (TPSA) is 66.5 Å². The number of carbonyl (C=O) groups excluding carboxylic acids is 1. The molecule has 0 spiro atoms. The van der Waals surface area contributed by atoms with E-state index in [-0.39, 0.29) is 42.4 Å². The highest BCUT2D eigenvalue weighted by Crippen LogP contribution is 2.17. The van der Waals surface area contributed by atoms with Gasteiger partial charge in [0, 0.05) is 24.7 Å². The number of amides is 1. The van der Waals surface area contributed by atoms with Gasteiger partial charge in [-0.1, -0.05) is 24.3 Å². The lowest BCUT2D eigenvalue weighted by atomic mass is 10.2. The highest BCUT2D eigenvalue weighted by Gasteiger charge is 2.32. The second-order valence-corrected chi connectivity index (χ2v) is 7.87. The van der Waals surface area contributed by atoms with Gasteiger partial charge in [0.2, 0.25) is 5.91 Å². The molecule has 2 rings (SSSR count). The van der Waals surface area contributed by atoms with Gasteiger partial charge in [-0.3, -0.25) is 9.69 Å². The first-order chi connectivity index (χ1) is 10.9. The molecule has 0 unspecified atom stereocenters. The van der Waals surface area contributed by atoms with Crippen LogP contribution in [-0.4, -0.2) is 49.9 Å². The van der Waals surface area contributed by atoms with Crippen LogP contribution in [-0.2, 0) is 21.2 Å². The predicted octanol–water partition coefficient (Wildman–Crippen LogP) is 1.12. The first-order valence-electron chi connectivity index (χ1n) is 7.47. The number of carbonyl (C=O) groups is 1. The number of sulfone groups is 1. The third-order valence-corrected chi connectivity index (χ3v) is 5.62. The number of nitrogens with one attached hydrogen (secondary N) is 1. The van der Waals surface area contributed by atoms with Gasteiger partial charge in [0.1, 0.15) is 5.82 Å². The average molecular weight is 340 g/mol. The Balaban J connectivity index is 1.91. The Morgan fingerprint density at radius 2 is 2.17 bits per heavy atom. The molecular formula is C16H21FN2O3S. The second kappa shape index (κ2) is 7.70. The largest absolute Gasteiger partial charge is 0.351 e. The van der Waals surface area contributed by atoms with E-state index in [0.717, 1.165) is 0 Å². The highest BCUT2D eigenvalue weighted by molar-refractivity contribution is 7.91. The molecule has 1 fully saturated rings. The average Bonchev–Trinajstić information content (AvgIpc) is 2.86. The summed E-state index contributed by atoms with van der Waals surface area (Å²) in [5.74, 6) is -0.402. The van der Waals surface area contributed by atoms with E-state index in [1.165, 1.54) is 6.07 Å². The number of hydrogen-bond acceptors (Lipinski definition) is 4. The Labute approximate surface area is 136 Å². The van der Waals surface area contributed by atoms with E-state index in [1.54, 1.807) is 29.2 Å². The van der Waals surface area contributed by atoms with E-state index in [2.05, 4.69) is 11.9 Å². The molecule has 1 atom stereocenters. The molecule has 1 amide bonds. The van der Waals surface area contributed by atoms with E-state index in [1.807, 2.05) is 0 Å². The second-order valence-electron chi connectivity index (χ2n) is 5.64. The SMILES string of the molecule is C=CCN(CC(=O)NCc1ccccc1F)[C@H]1CCS(=O)(=O)C1. The molecule has 0 bridgehead atoms. The van der Waals surface area contributed by atoms with Crippen molar-refractivity contribution in [3.8, 4) is 0 Å². The van der Waals surface area contributed by atoms with Gasteiger partial charge in [-0.25, -0.2) is 12.8 Å². The summed E-state index contributed by atoms with van der Waals surface area (Å²) < 4.78 is 36.7. The van der Waals surface area contributed by atoms with Crippen LogP contribution in [0.3, 0.4) is 0 Å². The lowest BCUT2D eigenvalue weighted by molar-refractivity contribution is -0.122. The van der Waals surface area contributed by atoms with E-state index in [9.17, 15) is 17.6 Å². The Morgan fingerprint density at radius 1 is 1.43 bits per heavy atom. The molecule has 1 aromatic carbocycles. The third kappa shape index (κ3) is 5.14. The molecule has 0 aliphatic carbocycles. The molecule has 0 saturated carbocycles. The van der Waals surface area contributed by atoms with Crippen LogP contribution in [0, 0.1) is 5.82 Å². The number of halogens is 1. The van der Waals surface area contributed by atoms with Crippen molar-refractivity contribution in [2.24, 2.45) is 0 Å². The molecule has 1 aliphatic rings. The van der Waals surface area contributed by atoms with Gasteiger partial charge in [0.15, 0.2) is 9.84 Å². The summed E-state index contributed by atoms with van der Waals surface area (Å²) in [6.45, 7) is 4.26. The fraction of sp³-hybridized carbons (Fsp3) is 0.438. The molecular weight excluding hydrogens is 319 g/mol. The number of nitrogens with zero attached hydrogens (tertiary/aromatic N) is 1. The minimum Gasteiger partial charge on any atom is -0.351 e. The van der Waals surface area contributed by atoms with Crippen molar-refractivity contribution in [2.45, 2.75) is 19.0 Å². The van der Waals surface area contributed by atoms with Crippen molar-refractivity contribution in [3.05, 3.63) is 48.3 Å². The number of hydrogen-bond donors (Lipinski definition) is 1. The van der Waals surface area contributed by atoms with E-state index in [0.29, 0.717) is 18.5 Å². The van der Waals surface area contributed by atoms with Crippen LogP contribution in [0.5, 0.6) is 0 Å². The summed E-state index contributed by atoms with van der Waals surface area (Å²) in [7, 11) is -3.01. The molecule has 5 nitrogen and oxygen atoms in total. The van der Waals surface area contributed by atoms with Crippen molar-refractivity contribution in [2.75, 3.05) is 24.6 Å². The Kier molecular flexibility index (Phi) is 5.90. The van der Waals surface area contributed by atoms with Crippen LogP contribution in [0.15, 0.2) is 36.9 Å². The van der Waals surface area contributed by atoms with Gasteiger partial charge < -0.3 is 5.32 Å². The molecule has 23 heavy (non-hydrogen) atoms. The summed E-state index contributed by atoms with van der Waals surface area (Å²) in [5.41, 5.74) is 0.416. The minimum atomic E-state index is -3.01. The highest BCUT2D eigenvalue weighted by atomic mass is 32.2. The first kappa shape index (κ1) is 17.6. The first-order valence-corrected chi connectivity index (χ1v) is 9.29. The van der Waals surface area contributed by atoms with E-state index in [4.69, 9.17) is 0 Å². The van der Waals surface area contributed by atoms with Crippen molar-refractivity contribution in [3.63, 3.8) is 0 Å². The van der Waals surface area contributed by atoms with Gasteiger partial charge in [-0.2, -0.15) is 0 Å². The van der Waals surface area contributed by atoms with Crippen LogP contribution in [0.25, 0.3) is 0 Å². The summed E-state index contributed by atoms with van der Waals surface area (Å²) in [6.07, 6.45) is 2.17. The van der Waals surface area contributed by atoms with Gasteiger partial charge in [-0.05, 0) is 12.5 Å². The zero-order valence-electron chi connectivity index (χ0n) is 12.9. The zero-order chi connectivity index (χ0) is 16.9. The van der Waals surface area contributed by atoms with Crippen molar-refractivity contribution < 1.29 is 17.6 Å². The van der Waals surface area contributed by atoms with Crippen LogP contribution < -0.4 is 5.32 Å². The monoisotopic (exact) mass is 340 g/mol. The van der Waals surface area contributed by atoms with E-state index >= 15 is 0 Å². The molecule has 1 aromatic rings. The molecule has 7 heteroatoms. The number of rotatable bonds is 7. The van der Waals surface area contributed by atoms with Crippen molar-refractivity contribution in [1.82, 2.24) is 10.2 Å². The summed E-state index contributed by atoms with van der Waals surface area (Å²) in [6, 6.07) is 6.08. The summed E-state index contributed by atoms with van der Waals surface area (Å²) >= 11 is 0. The Bertz CT molecular complexity index is 676. The lowest BCUT2D eigenvalue weighted by Crippen LogP contribution is -2.43. The fourth-order valence-corrected chi connectivity index (χ4v) is 4.41. The molecule has 1 saturated heterocycles.